The molecule has 0 aromatic carbocycles. The fourth-order valence-corrected chi connectivity index (χ4v) is 4.50. The third-order valence-electron chi connectivity index (χ3n) is 6.09. The fourth-order valence-electron chi connectivity index (χ4n) is 4.50. The van der Waals surface area contributed by atoms with Gasteiger partial charge in [-0.25, -0.2) is 4.98 Å². The zero-order chi connectivity index (χ0) is 22.3. The summed E-state index contributed by atoms with van der Waals surface area (Å²) in [6, 6.07) is 12.1. The van der Waals surface area contributed by atoms with Crippen LogP contribution in [0.4, 0.5) is 0 Å². The molecule has 1 aliphatic carbocycles. The van der Waals surface area contributed by atoms with Crippen LogP contribution < -0.4 is 0 Å². The summed E-state index contributed by atoms with van der Waals surface area (Å²) in [6.07, 6.45) is 6.94. The first-order chi connectivity index (χ1) is 15.6. The number of aliphatic hydroxyl groups excluding tert-OH is 1. The Hall–Kier alpha value is -4.08. The van der Waals surface area contributed by atoms with Gasteiger partial charge in [0, 0.05) is 36.6 Å². The van der Waals surface area contributed by atoms with Crippen LogP contribution in [0, 0.1) is 28.6 Å². The average Bonchev–Trinajstić information content (AvgIpc) is 3.42. The lowest BCUT2D eigenvalue weighted by molar-refractivity contribution is 0.0884. The monoisotopic (exact) mass is 424 g/mol. The van der Waals surface area contributed by atoms with E-state index in [0.717, 1.165) is 16.5 Å². The number of nitrogens with zero attached hydrogens (tertiary/aromatic N) is 8. The van der Waals surface area contributed by atoms with Crippen molar-refractivity contribution in [2.75, 3.05) is 0 Å². The molecule has 5 rings (SSSR count). The molecule has 1 saturated carbocycles. The van der Waals surface area contributed by atoms with Crippen molar-refractivity contribution in [3.8, 4) is 34.8 Å². The highest BCUT2D eigenvalue weighted by molar-refractivity contribution is 5.93. The lowest BCUT2D eigenvalue weighted by Crippen LogP contribution is -2.46. The molecule has 4 heterocycles. The number of hydrogen-bond acceptors (Lipinski definition) is 7. The third-order valence-corrected chi connectivity index (χ3v) is 6.09. The highest BCUT2D eigenvalue weighted by Crippen LogP contribution is 2.46. The van der Waals surface area contributed by atoms with E-state index in [0.29, 0.717) is 42.0 Å². The van der Waals surface area contributed by atoms with Gasteiger partial charge in [0.15, 0.2) is 0 Å². The van der Waals surface area contributed by atoms with E-state index in [1.807, 2.05) is 41.3 Å². The van der Waals surface area contributed by atoms with Gasteiger partial charge < -0.3 is 5.11 Å². The zero-order valence-electron chi connectivity index (χ0n) is 17.5. The molecule has 0 radical (unpaired) electrons. The Morgan fingerprint density at radius 2 is 2.06 bits per heavy atom. The largest absolute Gasteiger partial charge is 0.390 e. The number of rotatable bonds is 5. The van der Waals surface area contributed by atoms with Crippen LogP contribution >= 0.6 is 0 Å². The Morgan fingerprint density at radius 1 is 1.22 bits per heavy atom. The molecule has 9 nitrogen and oxygen atoms in total. The molecule has 0 unspecified atom stereocenters. The Balaban J connectivity index is 1.64. The molecular weight excluding hydrogens is 404 g/mol. The molecule has 1 N–H and O–H groups in total. The van der Waals surface area contributed by atoms with Crippen molar-refractivity contribution in [3.63, 3.8) is 0 Å². The van der Waals surface area contributed by atoms with Gasteiger partial charge in [0.1, 0.15) is 11.4 Å². The molecule has 1 fully saturated rings. The van der Waals surface area contributed by atoms with Crippen LogP contribution in [0.3, 0.4) is 0 Å². The number of nitriles is 2. The summed E-state index contributed by atoms with van der Waals surface area (Å²) in [7, 11) is 1.80. The van der Waals surface area contributed by atoms with Crippen LogP contribution in [0.25, 0.3) is 33.5 Å². The van der Waals surface area contributed by atoms with Gasteiger partial charge in [0.25, 0.3) is 0 Å². The maximum absolute atomic E-state index is 9.73. The van der Waals surface area contributed by atoms with Crippen LogP contribution in [-0.4, -0.2) is 34.6 Å². The Bertz CT molecular complexity index is 1400. The summed E-state index contributed by atoms with van der Waals surface area (Å²) in [5, 5.41) is 38.2. The van der Waals surface area contributed by atoms with Crippen molar-refractivity contribution in [1.82, 2.24) is 29.5 Å². The Kier molecular flexibility index (Phi) is 4.69. The number of fused-ring (bicyclic) bond motifs is 1. The minimum Gasteiger partial charge on any atom is -0.390 e. The standard InChI is InChI=1S/C23H20N8O/c1-30-13-17(21(14-32)28-30)20-9-19-16(3-2-7-26-19)22(27-20)18-4-8-31(29-18)23(5-6-24)10-15(11-23)12-25/h2-4,7-9,13,15,32H,5,10-11,14H2,1H3/t15-,23-. The van der Waals surface area contributed by atoms with Crippen molar-refractivity contribution in [3.05, 3.63) is 48.5 Å². The van der Waals surface area contributed by atoms with Gasteiger partial charge in [-0.1, -0.05) is 0 Å². The van der Waals surface area contributed by atoms with Gasteiger partial charge >= 0.3 is 0 Å². The van der Waals surface area contributed by atoms with Crippen LogP contribution in [0.15, 0.2) is 42.9 Å². The van der Waals surface area contributed by atoms with Crippen LogP contribution in [-0.2, 0) is 19.2 Å². The second-order valence-corrected chi connectivity index (χ2v) is 8.19. The molecule has 0 bridgehead atoms. The predicted octanol–water partition coefficient (Wildman–Crippen LogP) is 2.93. The number of aliphatic hydroxyl groups is 1. The van der Waals surface area contributed by atoms with Gasteiger partial charge in [0.2, 0.25) is 0 Å². The lowest BCUT2D eigenvalue weighted by Gasteiger charge is -2.43. The lowest BCUT2D eigenvalue weighted by atomic mass is 9.67. The molecule has 4 aromatic rings. The molecule has 0 amide bonds. The van der Waals surface area contributed by atoms with Crippen LogP contribution in [0.1, 0.15) is 25.0 Å². The maximum Gasteiger partial charge on any atom is 0.111 e. The third kappa shape index (κ3) is 3.11. The van der Waals surface area contributed by atoms with Crippen LogP contribution in [0.5, 0.6) is 0 Å². The molecule has 0 atom stereocenters. The molecular formula is C23H20N8O. The predicted molar refractivity (Wildman–Crippen MR) is 115 cm³/mol. The Morgan fingerprint density at radius 3 is 2.81 bits per heavy atom. The fraction of sp³-hybridized carbons (Fsp3) is 0.304. The summed E-state index contributed by atoms with van der Waals surface area (Å²) >= 11 is 0. The van der Waals surface area contributed by atoms with Crippen molar-refractivity contribution in [2.45, 2.75) is 31.4 Å². The van der Waals surface area contributed by atoms with E-state index in [1.165, 1.54) is 0 Å². The number of pyridine rings is 2. The molecule has 32 heavy (non-hydrogen) atoms. The zero-order valence-corrected chi connectivity index (χ0v) is 17.5. The van der Waals surface area contributed by atoms with E-state index in [9.17, 15) is 15.6 Å². The van der Waals surface area contributed by atoms with E-state index < -0.39 is 5.54 Å². The first-order valence-corrected chi connectivity index (χ1v) is 10.3. The molecule has 0 aliphatic heterocycles. The van der Waals surface area contributed by atoms with Crippen LogP contribution in [0.2, 0.25) is 0 Å². The second kappa shape index (κ2) is 7.56. The quantitative estimate of drug-likeness (QED) is 0.521. The topological polar surface area (TPSA) is 129 Å². The second-order valence-electron chi connectivity index (χ2n) is 8.19. The molecule has 0 spiro atoms. The van der Waals surface area contributed by atoms with Crippen molar-refractivity contribution in [1.29, 1.82) is 10.5 Å². The SMILES string of the molecule is Cn1cc(-c2cc3ncccc3c(-c3ccn([C@]4(CC#N)C[C@@H](C#N)C4)n3)n2)c(CO)n1. The van der Waals surface area contributed by atoms with Crippen molar-refractivity contribution >= 4 is 10.9 Å². The van der Waals surface area contributed by atoms with E-state index in [4.69, 9.17) is 10.1 Å². The highest BCUT2D eigenvalue weighted by Gasteiger charge is 2.46. The smallest absolute Gasteiger partial charge is 0.111 e. The van der Waals surface area contributed by atoms with Gasteiger partial charge in [-0.15, -0.1) is 0 Å². The van der Waals surface area contributed by atoms with E-state index in [1.54, 1.807) is 17.9 Å². The summed E-state index contributed by atoms with van der Waals surface area (Å²) in [5.74, 6) is -0.0510. The average molecular weight is 424 g/mol. The summed E-state index contributed by atoms with van der Waals surface area (Å²) in [6.45, 7) is -0.196. The molecule has 0 saturated heterocycles. The molecule has 158 valence electrons. The number of hydrogen-bond donors (Lipinski definition) is 1. The Labute approximate surface area is 184 Å². The van der Waals surface area contributed by atoms with E-state index in [2.05, 4.69) is 22.2 Å². The van der Waals surface area contributed by atoms with Gasteiger partial charge in [-0.3, -0.25) is 14.3 Å². The highest BCUT2D eigenvalue weighted by atomic mass is 16.3. The van der Waals surface area contributed by atoms with Gasteiger partial charge in [-0.2, -0.15) is 20.7 Å². The maximum atomic E-state index is 9.73. The van der Waals surface area contributed by atoms with Gasteiger partial charge in [0.05, 0.1) is 53.5 Å². The summed E-state index contributed by atoms with van der Waals surface area (Å²) < 4.78 is 3.46. The minimum atomic E-state index is -0.452. The first-order valence-electron chi connectivity index (χ1n) is 10.3. The minimum absolute atomic E-state index is 0.0510. The molecule has 1 aliphatic rings. The summed E-state index contributed by atoms with van der Waals surface area (Å²) in [4.78, 5) is 9.39. The number of aromatic nitrogens is 6. The first kappa shape index (κ1) is 19.9. The van der Waals surface area contributed by atoms with Gasteiger partial charge in [-0.05, 0) is 37.1 Å². The normalized spacial score (nSPS) is 19.9. The van der Waals surface area contributed by atoms with E-state index >= 15 is 0 Å². The van der Waals surface area contributed by atoms with Crippen molar-refractivity contribution < 1.29 is 5.11 Å². The molecule has 9 heteroatoms. The van der Waals surface area contributed by atoms with E-state index in [-0.39, 0.29) is 12.5 Å². The van der Waals surface area contributed by atoms with Crippen molar-refractivity contribution in [2.24, 2.45) is 13.0 Å². The summed E-state index contributed by atoms with van der Waals surface area (Å²) in [5.41, 5.74) is 3.56. The molecule has 4 aromatic heterocycles. The number of aryl methyl sites for hydroxylation is 1.